The van der Waals surface area contributed by atoms with E-state index in [1.165, 1.54) is 17.2 Å². The molecule has 0 aliphatic carbocycles. The van der Waals surface area contributed by atoms with Gasteiger partial charge in [0.15, 0.2) is 0 Å². The Morgan fingerprint density at radius 3 is 2.56 bits per heavy atom. The SMILES string of the molecule is CC(C)(CNC(=O)Cc1ccccc1F)N1CCc2ccccc2C1. The van der Waals surface area contributed by atoms with Gasteiger partial charge in [0, 0.05) is 25.2 Å². The van der Waals surface area contributed by atoms with Crippen LogP contribution in [0.15, 0.2) is 48.5 Å². The zero-order valence-electron chi connectivity index (χ0n) is 14.9. The smallest absolute Gasteiger partial charge is 0.224 e. The lowest BCUT2D eigenvalue weighted by Crippen LogP contribution is -2.53. The molecule has 1 aliphatic heterocycles. The fourth-order valence-electron chi connectivity index (χ4n) is 3.32. The number of hydrogen-bond donors (Lipinski definition) is 1. The van der Waals surface area contributed by atoms with E-state index in [9.17, 15) is 9.18 Å². The van der Waals surface area contributed by atoms with E-state index in [1.54, 1.807) is 18.2 Å². The van der Waals surface area contributed by atoms with Crippen LogP contribution < -0.4 is 5.32 Å². The Hall–Kier alpha value is -2.20. The van der Waals surface area contributed by atoms with Crippen LogP contribution in [0.25, 0.3) is 0 Å². The second kappa shape index (κ2) is 7.36. The van der Waals surface area contributed by atoms with Gasteiger partial charge in [-0.05, 0) is 43.0 Å². The summed E-state index contributed by atoms with van der Waals surface area (Å²) in [6, 6.07) is 15.0. The highest BCUT2D eigenvalue weighted by atomic mass is 19.1. The predicted octanol–water partition coefficient (Wildman–Crippen LogP) is 3.32. The average molecular weight is 340 g/mol. The van der Waals surface area contributed by atoms with Crippen molar-refractivity contribution in [2.45, 2.75) is 38.8 Å². The van der Waals surface area contributed by atoms with Crippen molar-refractivity contribution in [2.75, 3.05) is 13.1 Å². The number of carbonyl (C=O) groups is 1. The summed E-state index contributed by atoms with van der Waals surface area (Å²) >= 11 is 0. The number of fused-ring (bicyclic) bond motifs is 1. The topological polar surface area (TPSA) is 32.3 Å². The molecule has 2 aromatic carbocycles. The van der Waals surface area contributed by atoms with E-state index >= 15 is 0 Å². The summed E-state index contributed by atoms with van der Waals surface area (Å²) in [5, 5.41) is 2.97. The Labute approximate surface area is 148 Å². The van der Waals surface area contributed by atoms with Crippen LogP contribution in [-0.4, -0.2) is 29.4 Å². The van der Waals surface area contributed by atoms with Crippen LogP contribution in [0.3, 0.4) is 0 Å². The zero-order valence-corrected chi connectivity index (χ0v) is 14.9. The molecule has 0 aromatic heterocycles. The molecule has 3 rings (SSSR count). The van der Waals surface area contributed by atoms with Crippen molar-refractivity contribution < 1.29 is 9.18 Å². The minimum Gasteiger partial charge on any atom is -0.354 e. The first-order valence-electron chi connectivity index (χ1n) is 8.78. The molecule has 2 aromatic rings. The molecule has 0 saturated carbocycles. The largest absolute Gasteiger partial charge is 0.354 e. The Kier molecular flexibility index (Phi) is 5.19. The van der Waals surface area contributed by atoms with Gasteiger partial charge in [-0.3, -0.25) is 9.69 Å². The summed E-state index contributed by atoms with van der Waals surface area (Å²) in [7, 11) is 0. The van der Waals surface area contributed by atoms with E-state index in [4.69, 9.17) is 0 Å². The summed E-state index contributed by atoms with van der Waals surface area (Å²) in [5.41, 5.74) is 3.06. The van der Waals surface area contributed by atoms with Crippen LogP contribution in [0.4, 0.5) is 4.39 Å². The van der Waals surface area contributed by atoms with Gasteiger partial charge in [0.05, 0.1) is 6.42 Å². The molecular formula is C21H25FN2O. The maximum atomic E-state index is 13.7. The molecule has 0 atom stereocenters. The first-order chi connectivity index (χ1) is 12.0. The van der Waals surface area contributed by atoms with Crippen LogP contribution in [-0.2, 0) is 24.2 Å². The maximum Gasteiger partial charge on any atom is 0.224 e. The average Bonchev–Trinajstić information content (AvgIpc) is 2.62. The molecule has 0 saturated heterocycles. The predicted molar refractivity (Wildman–Crippen MR) is 97.7 cm³/mol. The Morgan fingerprint density at radius 2 is 1.80 bits per heavy atom. The van der Waals surface area contributed by atoms with Crippen molar-refractivity contribution in [3.05, 3.63) is 71.0 Å². The maximum absolute atomic E-state index is 13.7. The van der Waals surface area contributed by atoms with E-state index in [0.717, 1.165) is 19.5 Å². The van der Waals surface area contributed by atoms with Gasteiger partial charge < -0.3 is 5.32 Å². The highest BCUT2D eigenvalue weighted by molar-refractivity contribution is 5.78. The summed E-state index contributed by atoms with van der Waals surface area (Å²) in [4.78, 5) is 14.6. The number of halogens is 1. The Morgan fingerprint density at radius 1 is 1.12 bits per heavy atom. The van der Waals surface area contributed by atoms with Gasteiger partial charge >= 0.3 is 0 Å². The molecule has 4 heteroatoms. The molecule has 0 unspecified atom stereocenters. The van der Waals surface area contributed by atoms with Crippen molar-refractivity contribution in [3.63, 3.8) is 0 Å². The van der Waals surface area contributed by atoms with Gasteiger partial charge in [0.25, 0.3) is 0 Å². The lowest BCUT2D eigenvalue weighted by atomic mass is 9.94. The van der Waals surface area contributed by atoms with Crippen molar-refractivity contribution >= 4 is 5.91 Å². The summed E-state index contributed by atoms with van der Waals surface area (Å²) in [6.45, 7) is 6.70. The first-order valence-corrected chi connectivity index (χ1v) is 8.78. The molecule has 1 heterocycles. The number of nitrogens with one attached hydrogen (secondary N) is 1. The van der Waals surface area contributed by atoms with E-state index in [0.29, 0.717) is 12.1 Å². The fourth-order valence-corrected chi connectivity index (χ4v) is 3.32. The van der Waals surface area contributed by atoms with Crippen LogP contribution >= 0.6 is 0 Å². The molecule has 0 spiro atoms. The minimum absolute atomic E-state index is 0.0750. The lowest BCUT2D eigenvalue weighted by molar-refractivity contribution is -0.121. The third-order valence-corrected chi connectivity index (χ3v) is 5.01. The van der Waals surface area contributed by atoms with Crippen molar-refractivity contribution in [1.29, 1.82) is 0 Å². The number of nitrogens with zero attached hydrogens (tertiary/aromatic N) is 1. The van der Waals surface area contributed by atoms with Gasteiger partial charge in [0.2, 0.25) is 5.91 Å². The van der Waals surface area contributed by atoms with Crippen LogP contribution in [0.5, 0.6) is 0 Å². The van der Waals surface area contributed by atoms with Crippen molar-refractivity contribution in [2.24, 2.45) is 0 Å². The van der Waals surface area contributed by atoms with Gasteiger partial charge in [0.1, 0.15) is 5.82 Å². The summed E-state index contributed by atoms with van der Waals surface area (Å²) in [6.07, 6.45) is 1.11. The fraction of sp³-hybridized carbons (Fsp3) is 0.381. The number of hydrogen-bond acceptors (Lipinski definition) is 2. The molecule has 3 nitrogen and oxygen atoms in total. The summed E-state index contributed by atoms with van der Waals surface area (Å²) in [5.74, 6) is -0.472. The molecule has 25 heavy (non-hydrogen) atoms. The monoisotopic (exact) mass is 340 g/mol. The van der Waals surface area contributed by atoms with Gasteiger partial charge in [-0.2, -0.15) is 0 Å². The zero-order chi connectivity index (χ0) is 17.9. The van der Waals surface area contributed by atoms with Crippen LogP contribution in [0.2, 0.25) is 0 Å². The van der Waals surface area contributed by atoms with E-state index < -0.39 is 0 Å². The molecule has 132 valence electrons. The van der Waals surface area contributed by atoms with Crippen LogP contribution in [0, 0.1) is 5.82 Å². The first kappa shape index (κ1) is 17.6. The Bertz CT molecular complexity index is 757. The highest BCUT2D eigenvalue weighted by Crippen LogP contribution is 2.24. The van der Waals surface area contributed by atoms with E-state index in [1.807, 2.05) is 0 Å². The van der Waals surface area contributed by atoms with E-state index in [-0.39, 0.29) is 23.7 Å². The molecule has 0 bridgehead atoms. The standard InChI is InChI=1S/C21H25FN2O/c1-21(2,24-12-11-16-7-3-4-9-18(16)14-24)15-23-20(25)13-17-8-5-6-10-19(17)22/h3-10H,11-15H2,1-2H3,(H,23,25). The van der Waals surface area contributed by atoms with Gasteiger partial charge in [-0.1, -0.05) is 42.5 Å². The minimum atomic E-state index is -0.329. The number of rotatable bonds is 5. The van der Waals surface area contributed by atoms with Gasteiger partial charge in [-0.15, -0.1) is 0 Å². The molecule has 1 amide bonds. The summed E-state index contributed by atoms with van der Waals surface area (Å²) < 4.78 is 13.7. The van der Waals surface area contributed by atoms with Gasteiger partial charge in [-0.25, -0.2) is 4.39 Å². The quantitative estimate of drug-likeness (QED) is 0.906. The number of benzene rings is 2. The molecule has 0 radical (unpaired) electrons. The molecule has 1 N–H and O–H groups in total. The lowest BCUT2D eigenvalue weighted by Gasteiger charge is -2.41. The molecule has 1 aliphatic rings. The normalized spacial score (nSPS) is 14.8. The third-order valence-electron chi connectivity index (χ3n) is 5.01. The van der Waals surface area contributed by atoms with E-state index in [2.05, 4.69) is 48.3 Å². The highest BCUT2D eigenvalue weighted by Gasteiger charge is 2.30. The number of amides is 1. The molecular weight excluding hydrogens is 315 g/mol. The van der Waals surface area contributed by atoms with Crippen molar-refractivity contribution in [1.82, 2.24) is 10.2 Å². The number of carbonyl (C=O) groups excluding carboxylic acids is 1. The van der Waals surface area contributed by atoms with Crippen molar-refractivity contribution in [3.8, 4) is 0 Å². The second-order valence-electron chi connectivity index (χ2n) is 7.30. The van der Waals surface area contributed by atoms with Crippen LogP contribution in [0.1, 0.15) is 30.5 Å². The molecule has 0 fully saturated rings. The second-order valence-corrected chi connectivity index (χ2v) is 7.30. The third kappa shape index (κ3) is 4.26. The Balaban J connectivity index is 1.57.